The number of benzene rings is 1. The molecule has 5 heteroatoms. The van der Waals surface area contributed by atoms with Crippen LogP contribution in [0.1, 0.15) is 16.7 Å². The molecule has 0 atom stereocenters. The first kappa shape index (κ1) is 13.6. The number of halogens is 1. The third-order valence-corrected chi connectivity index (χ3v) is 3.40. The third kappa shape index (κ3) is 2.63. The summed E-state index contributed by atoms with van der Waals surface area (Å²) in [5, 5.41) is 0.0882. The van der Waals surface area contributed by atoms with Gasteiger partial charge in [0.05, 0.1) is 20.0 Å². The molecule has 2 aromatic rings. The van der Waals surface area contributed by atoms with Crippen molar-refractivity contribution in [3.8, 4) is 5.75 Å². The van der Waals surface area contributed by atoms with Crippen LogP contribution in [0.2, 0.25) is 5.15 Å². The number of nitrogens with zero attached hydrogens (tertiary/aromatic N) is 2. The molecular weight excluding hydrogens is 264 g/mol. The molecule has 0 unspecified atom stereocenters. The Morgan fingerprint density at radius 3 is 2.53 bits per heavy atom. The molecule has 0 saturated heterocycles. The first-order chi connectivity index (χ1) is 9.04. The molecule has 0 radical (unpaired) electrons. The maximum atomic E-state index is 12.2. The minimum absolute atomic E-state index is 0.0791. The molecule has 0 fully saturated rings. The van der Waals surface area contributed by atoms with Crippen LogP contribution in [-0.2, 0) is 6.54 Å². The largest absolute Gasteiger partial charge is 0.489 e. The molecule has 0 aliphatic rings. The smallest absolute Gasteiger partial charge is 0.297 e. The Morgan fingerprint density at radius 2 is 1.95 bits per heavy atom. The fourth-order valence-electron chi connectivity index (χ4n) is 2.00. The van der Waals surface area contributed by atoms with Crippen LogP contribution in [0.15, 0.2) is 29.3 Å². The van der Waals surface area contributed by atoms with Crippen LogP contribution in [0.3, 0.4) is 0 Å². The number of aryl methyl sites for hydroxylation is 2. The fraction of sp³-hybridized carbons (Fsp3) is 0.286. The predicted octanol–water partition coefficient (Wildman–Crippen LogP) is 2.57. The second-order valence-electron chi connectivity index (χ2n) is 4.37. The molecule has 1 aromatic carbocycles. The number of ether oxygens (including phenoxy) is 1. The van der Waals surface area contributed by atoms with Crippen molar-refractivity contribution in [1.29, 1.82) is 0 Å². The Morgan fingerprint density at radius 1 is 1.32 bits per heavy atom. The van der Waals surface area contributed by atoms with Crippen LogP contribution in [0.25, 0.3) is 0 Å². The summed E-state index contributed by atoms with van der Waals surface area (Å²) in [4.78, 5) is 16.1. The van der Waals surface area contributed by atoms with Crippen LogP contribution < -0.4 is 10.3 Å². The molecule has 100 valence electrons. The lowest BCUT2D eigenvalue weighted by molar-refractivity contribution is 0.400. The predicted molar refractivity (Wildman–Crippen MR) is 75.1 cm³/mol. The highest BCUT2D eigenvalue weighted by Crippen LogP contribution is 2.17. The van der Waals surface area contributed by atoms with Crippen molar-refractivity contribution in [2.45, 2.75) is 20.4 Å². The minimum atomic E-state index is -0.273. The number of aromatic nitrogens is 2. The van der Waals surface area contributed by atoms with E-state index in [4.69, 9.17) is 16.3 Å². The number of rotatable bonds is 3. The van der Waals surface area contributed by atoms with Crippen molar-refractivity contribution < 1.29 is 4.74 Å². The van der Waals surface area contributed by atoms with E-state index in [1.165, 1.54) is 18.0 Å². The molecule has 0 bridgehead atoms. The lowest BCUT2D eigenvalue weighted by atomic mass is 10.0. The Balaban J connectivity index is 2.48. The highest BCUT2D eigenvalue weighted by Gasteiger charge is 2.12. The lowest BCUT2D eigenvalue weighted by Gasteiger charge is -2.12. The van der Waals surface area contributed by atoms with Gasteiger partial charge in [0.15, 0.2) is 5.15 Å². The van der Waals surface area contributed by atoms with E-state index < -0.39 is 0 Å². The van der Waals surface area contributed by atoms with E-state index in [0.717, 1.165) is 16.7 Å². The van der Waals surface area contributed by atoms with Gasteiger partial charge < -0.3 is 4.74 Å². The fourth-order valence-corrected chi connectivity index (χ4v) is 2.20. The van der Waals surface area contributed by atoms with E-state index >= 15 is 0 Å². The summed E-state index contributed by atoms with van der Waals surface area (Å²) < 4.78 is 6.49. The number of methoxy groups -OCH3 is 1. The maximum absolute atomic E-state index is 12.2. The molecule has 0 saturated carbocycles. The monoisotopic (exact) mass is 278 g/mol. The molecule has 1 heterocycles. The Hall–Kier alpha value is -1.81. The van der Waals surface area contributed by atoms with Crippen molar-refractivity contribution >= 4 is 11.6 Å². The van der Waals surface area contributed by atoms with E-state index in [-0.39, 0.29) is 16.5 Å². The summed E-state index contributed by atoms with van der Waals surface area (Å²) in [6.45, 7) is 4.50. The highest BCUT2D eigenvalue weighted by molar-refractivity contribution is 6.30. The summed E-state index contributed by atoms with van der Waals surface area (Å²) in [6, 6.07) is 6.04. The maximum Gasteiger partial charge on any atom is 0.297 e. The Bertz CT molecular complexity index is 645. The molecule has 0 N–H and O–H groups in total. The van der Waals surface area contributed by atoms with Crippen molar-refractivity contribution in [3.63, 3.8) is 0 Å². The van der Waals surface area contributed by atoms with E-state index in [1.807, 2.05) is 32.0 Å². The summed E-state index contributed by atoms with van der Waals surface area (Å²) in [5.74, 6) is 0.0791. The quantitative estimate of drug-likeness (QED) is 0.811. The average Bonchev–Trinajstić information content (AvgIpc) is 2.37. The van der Waals surface area contributed by atoms with Gasteiger partial charge in [-0.15, -0.1) is 0 Å². The van der Waals surface area contributed by atoms with Crippen LogP contribution >= 0.6 is 11.6 Å². The Labute approximate surface area is 116 Å². The summed E-state index contributed by atoms with van der Waals surface area (Å²) in [7, 11) is 1.41. The van der Waals surface area contributed by atoms with Crippen molar-refractivity contribution in [2.24, 2.45) is 0 Å². The summed E-state index contributed by atoms with van der Waals surface area (Å²) >= 11 is 5.82. The van der Waals surface area contributed by atoms with Gasteiger partial charge in [0, 0.05) is 0 Å². The van der Waals surface area contributed by atoms with Gasteiger partial charge in [-0.3, -0.25) is 9.36 Å². The molecule has 19 heavy (non-hydrogen) atoms. The van der Waals surface area contributed by atoms with Gasteiger partial charge in [-0.1, -0.05) is 29.8 Å². The second kappa shape index (κ2) is 5.45. The van der Waals surface area contributed by atoms with E-state index in [1.54, 1.807) is 0 Å². The average molecular weight is 279 g/mol. The van der Waals surface area contributed by atoms with Crippen LogP contribution in [0.5, 0.6) is 5.75 Å². The molecule has 0 amide bonds. The van der Waals surface area contributed by atoms with Crippen molar-refractivity contribution in [2.75, 3.05) is 7.11 Å². The van der Waals surface area contributed by atoms with Gasteiger partial charge in [-0.05, 0) is 30.5 Å². The molecule has 0 aliphatic heterocycles. The SMILES string of the molecule is COc1c(Cl)ncn(Cc2c(C)cccc2C)c1=O. The van der Waals surface area contributed by atoms with Gasteiger partial charge in [-0.2, -0.15) is 0 Å². The molecule has 4 nitrogen and oxygen atoms in total. The van der Waals surface area contributed by atoms with Crippen LogP contribution in [-0.4, -0.2) is 16.7 Å². The van der Waals surface area contributed by atoms with Gasteiger partial charge in [-0.25, -0.2) is 4.98 Å². The van der Waals surface area contributed by atoms with Crippen molar-refractivity contribution in [3.05, 3.63) is 56.7 Å². The summed E-state index contributed by atoms with van der Waals surface area (Å²) in [5.41, 5.74) is 3.11. The van der Waals surface area contributed by atoms with Gasteiger partial charge in [0.1, 0.15) is 0 Å². The molecule has 2 rings (SSSR count). The summed E-state index contributed by atoms with van der Waals surface area (Å²) in [6.07, 6.45) is 1.44. The highest BCUT2D eigenvalue weighted by atomic mass is 35.5. The first-order valence-electron chi connectivity index (χ1n) is 5.88. The minimum Gasteiger partial charge on any atom is -0.489 e. The van der Waals surface area contributed by atoms with Crippen LogP contribution in [0.4, 0.5) is 0 Å². The Kier molecular flexibility index (Phi) is 3.90. The standard InChI is InChI=1S/C14H15ClN2O2/c1-9-5-4-6-10(2)11(9)7-17-8-16-13(15)12(19-3)14(17)18/h4-6,8H,7H2,1-3H3. The van der Waals surface area contributed by atoms with E-state index in [0.29, 0.717) is 6.54 Å². The van der Waals surface area contributed by atoms with Gasteiger partial charge >= 0.3 is 0 Å². The molecule has 0 spiro atoms. The molecule has 1 aromatic heterocycles. The zero-order chi connectivity index (χ0) is 14.0. The second-order valence-corrected chi connectivity index (χ2v) is 4.73. The van der Waals surface area contributed by atoms with E-state index in [2.05, 4.69) is 4.98 Å². The number of hydrogen-bond donors (Lipinski definition) is 0. The number of hydrogen-bond acceptors (Lipinski definition) is 3. The third-order valence-electron chi connectivity index (χ3n) is 3.13. The molecular formula is C14H15ClN2O2. The van der Waals surface area contributed by atoms with Crippen LogP contribution in [0, 0.1) is 13.8 Å². The lowest BCUT2D eigenvalue weighted by Crippen LogP contribution is -2.23. The van der Waals surface area contributed by atoms with E-state index in [9.17, 15) is 4.79 Å². The first-order valence-corrected chi connectivity index (χ1v) is 6.26. The zero-order valence-electron chi connectivity index (χ0n) is 11.1. The van der Waals surface area contributed by atoms with Gasteiger partial charge in [0.25, 0.3) is 5.56 Å². The van der Waals surface area contributed by atoms with Gasteiger partial charge in [0.2, 0.25) is 5.75 Å². The zero-order valence-corrected chi connectivity index (χ0v) is 11.9. The normalized spacial score (nSPS) is 10.5. The topological polar surface area (TPSA) is 44.1 Å². The molecule has 0 aliphatic carbocycles. The van der Waals surface area contributed by atoms with Crippen molar-refractivity contribution in [1.82, 2.24) is 9.55 Å².